The van der Waals surface area contributed by atoms with Crippen LogP contribution in [0.1, 0.15) is 36.1 Å². The van der Waals surface area contributed by atoms with Gasteiger partial charge < -0.3 is 15.1 Å². The van der Waals surface area contributed by atoms with Gasteiger partial charge in [0, 0.05) is 18.5 Å². The molecule has 0 saturated carbocycles. The molecule has 2 N–H and O–H groups in total. The lowest BCUT2D eigenvalue weighted by Gasteiger charge is -2.28. The second-order valence-corrected chi connectivity index (χ2v) is 6.59. The predicted octanol–water partition coefficient (Wildman–Crippen LogP) is 4.02. The maximum atomic E-state index is 5.64. The minimum absolute atomic E-state index is 0. The topological polar surface area (TPSA) is 52.8 Å². The highest BCUT2D eigenvalue weighted by atomic mass is 127. The van der Waals surface area contributed by atoms with Crippen molar-refractivity contribution >= 4 is 41.3 Å². The molecule has 0 aliphatic carbocycles. The average molecular weight is 476 g/mol. The van der Waals surface area contributed by atoms with Crippen molar-refractivity contribution in [2.75, 3.05) is 26.7 Å². The third kappa shape index (κ3) is 6.31. The van der Waals surface area contributed by atoms with Crippen LogP contribution in [0.2, 0.25) is 0 Å². The number of hydrogen-bond donors (Lipinski definition) is 2. The number of thiophene rings is 1. The molecule has 2 rings (SSSR count). The van der Waals surface area contributed by atoms with Crippen LogP contribution < -0.4 is 10.6 Å². The Labute approximate surface area is 171 Å². The molecule has 2 heterocycles. The van der Waals surface area contributed by atoms with E-state index in [9.17, 15) is 0 Å². The van der Waals surface area contributed by atoms with Crippen LogP contribution in [0.4, 0.5) is 0 Å². The van der Waals surface area contributed by atoms with Crippen LogP contribution in [-0.2, 0) is 6.54 Å². The van der Waals surface area contributed by atoms with Crippen molar-refractivity contribution in [1.82, 2.24) is 15.5 Å². The number of furan rings is 1. The summed E-state index contributed by atoms with van der Waals surface area (Å²) in [5.74, 6) is 1.79. The molecule has 140 valence electrons. The number of rotatable bonds is 8. The first-order valence-electron chi connectivity index (χ1n) is 8.44. The SMILES string of the molecule is CCN(CC)C(CNC(=NC)NCc1sccc1C)c1ccco1.I. The van der Waals surface area contributed by atoms with Gasteiger partial charge in [-0.25, -0.2) is 0 Å². The minimum Gasteiger partial charge on any atom is -0.468 e. The minimum atomic E-state index is 0. The molecular formula is C18H29IN4OS. The summed E-state index contributed by atoms with van der Waals surface area (Å²) in [6.07, 6.45) is 1.73. The van der Waals surface area contributed by atoms with Crippen molar-refractivity contribution in [3.8, 4) is 0 Å². The molecule has 1 unspecified atom stereocenters. The van der Waals surface area contributed by atoms with Gasteiger partial charge in [0.2, 0.25) is 0 Å². The van der Waals surface area contributed by atoms with E-state index in [0.29, 0.717) is 0 Å². The fraction of sp³-hybridized carbons (Fsp3) is 0.500. The summed E-state index contributed by atoms with van der Waals surface area (Å²) in [5, 5.41) is 8.94. The standard InChI is InChI=1S/C18H28N4OS.HI/c1-5-22(6-2)15(16-8-7-10-23-16)12-20-18(19-4)21-13-17-14(3)9-11-24-17;/h7-11,15H,5-6,12-13H2,1-4H3,(H2,19,20,21);1H. The quantitative estimate of drug-likeness (QED) is 0.344. The highest BCUT2D eigenvalue weighted by Crippen LogP contribution is 2.20. The molecule has 0 saturated heterocycles. The Bertz CT molecular complexity index is 623. The van der Waals surface area contributed by atoms with E-state index in [4.69, 9.17) is 4.42 Å². The summed E-state index contributed by atoms with van der Waals surface area (Å²) in [7, 11) is 1.80. The summed E-state index contributed by atoms with van der Waals surface area (Å²) in [5.41, 5.74) is 1.32. The number of likely N-dealkylation sites (N-methyl/N-ethyl adjacent to an activating group) is 1. The highest BCUT2D eigenvalue weighted by Gasteiger charge is 2.20. The number of guanidine groups is 1. The summed E-state index contributed by atoms with van der Waals surface area (Å²) < 4.78 is 5.64. The normalized spacial score (nSPS) is 12.8. The van der Waals surface area contributed by atoms with Crippen LogP contribution in [0.25, 0.3) is 0 Å². The van der Waals surface area contributed by atoms with Crippen LogP contribution in [0.5, 0.6) is 0 Å². The second-order valence-electron chi connectivity index (χ2n) is 5.59. The molecule has 7 heteroatoms. The third-order valence-electron chi connectivity index (χ3n) is 4.20. The van der Waals surface area contributed by atoms with Crippen molar-refractivity contribution < 1.29 is 4.42 Å². The van der Waals surface area contributed by atoms with Crippen molar-refractivity contribution in [1.29, 1.82) is 0 Å². The Balaban J connectivity index is 0.00000312. The van der Waals surface area contributed by atoms with Gasteiger partial charge in [-0.3, -0.25) is 9.89 Å². The second kappa shape index (κ2) is 11.5. The summed E-state index contributed by atoms with van der Waals surface area (Å²) in [4.78, 5) is 8.05. The van der Waals surface area contributed by atoms with Gasteiger partial charge in [0.25, 0.3) is 0 Å². The van der Waals surface area contributed by atoms with Crippen molar-refractivity contribution in [3.05, 3.63) is 46.0 Å². The first-order chi connectivity index (χ1) is 11.7. The van der Waals surface area contributed by atoms with Crippen LogP contribution >= 0.6 is 35.3 Å². The van der Waals surface area contributed by atoms with Crippen LogP contribution in [-0.4, -0.2) is 37.5 Å². The van der Waals surface area contributed by atoms with E-state index >= 15 is 0 Å². The van der Waals surface area contributed by atoms with Crippen LogP contribution in [0.3, 0.4) is 0 Å². The van der Waals surface area contributed by atoms with E-state index in [1.54, 1.807) is 24.6 Å². The fourth-order valence-electron chi connectivity index (χ4n) is 2.72. The summed E-state index contributed by atoms with van der Waals surface area (Å²) >= 11 is 1.77. The van der Waals surface area contributed by atoms with E-state index in [-0.39, 0.29) is 30.0 Å². The number of nitrogens with one attached hydrogen (secondary N) is 2. The maximum Gasteiger partial charge on any atom is 0.191 e. The Morgan fingerprint density at radius 3 is 2.56 bits per heavy atom. The van der Waals surface area contributed by atoms with Crippen molar-refractivity contribution in [2.45, 2.75) is 33.4 Å². The highest BCUT2D eigenvalue weighted by molar-refractivity contribution is 14.0. The molecule has 25 heavy (non-hydrogen) atoms. The number of aliphatic imine (C=N–C) groups is 1. The molecule has 0 amide bonds. The van der Waals surface area contributed by atoms with Gasteiger partial charge in [-0.15, -0.1) is 35.3 Å². The monoisotopic (exact) mass is 476 g/mol. The van der Waals surface area contributed by atoms with Gasteiger partial charge in [0.1, 0.15) is 5.76 Å². The zero-order valence-corrected chi connectivity index (χ0v) is 18.6. The molecule has 5 nitrogen and oxygen atoms in total. The van der Waals surface area contributed by atoms with Gasteiger partial charge in [0.05, 0.1) is 18.8 Å². The lowest BCUT2D eigenvalue weighted by Crippen LogP contribution is -2.42. The van der Waals surface area contributed by atoms with Gasteiger partial charge in [-0.2, -0.15) is 0 Å². The third-order valence-corrected chi connectivity index (χ3v) is 5.22. The average Bonchev–Trinajstić information content (AvgIpc) is 3.26. The smallest absolute Gasteiger partial charge is 0.191 e. The number of halogens is 1. The van der Waals surface area contributed by atoms with Gasteiger partial charge in [0.15, 0.2) is 5.96 Å². The van der Waals surface area contributed by atoms with Crippen LogP contribution in [0.15, 0.2) is 39.3 Å². The zero-order valence-electron chi connectivity index (χ0n) is 15.4. The molecule has 0 aliphatic heterocycles. The molecule has 0 fully saturated rings. The van der Waals surface area contributed by atoms with Crippen LogP contribution in [0, 0.1) is 6.92 Å². The molecule has 0 radical (unpaired) electrons. The first kappa shape index (κ1) is 22.0. The molecular weight excluding hydrogens is 447 g/mol. The fourth-order valence-corrected chi connectivity index (χ4v) is 3.56. The van der Waals surface area contributed by atoms with Gasteiger partial charge >= 0.3 is 0 Å². The lowest BCUT2D eigenvalue weighted by molar-refractivity contribution is 0.193. The largest absolute Gasteiger partial charge is 0.468 e. The Hall–Kier alpha value is -1.06. The number of aryl methyl sites for hydroxylation is 1. The molecule has 2 aromatic rings. The van der Waals surface area contributed by atoms with E-state index in [0.717, 1.165) is 37.9 Å². The Morgan fingerprint density at radius 2 is 2.04 bits per heavy atom. The van der Waals surface area contributed by atoms with Crippen molar-refractivity contribution in [2.24, 2.45) is 4.99 Å². The van der Waals surface area contributed by atoms with E-state index in [2.05, 4.69) is 52.7 Å². The molecule has 0 aromatic carbocycles. The van der Waals surface area contributed by atoms with E-state index < -0.39 is 0 Å². The Morgan fingerprint density at radius 1 is 1.28 bits per heavy atom. The number of nitrogens with zero attached hydrogens (tertiary/aromatic N) is 2. The van der Waals surface area contributed by atoms with Gasteiger partial charge in [-0.05, 0) is 49.2 Å². The summed E-state index contributed by atoms with van der Waals surface area (Å²) in [6.45, 7) is 9.97. The molecule has 1 atom stereocenters. The van der Waals surface area contributed by atoms with Crippen molar-refractivity contribution in [3.63, 3.8) is 0 Å². The maximum absolute atomic E-state index is 5.64. The zero-order chi connectivity index (χ0) is 17.4. The van der Waals surface area contributed by atoms with Gasteiger partial charge in [-0.1, -0.05) is 13.8 Å². The van der Waals surface area contributed by atoms with E-state index in [1.165, 1.54) is 10.4 Å². The summed E-state index contributed by atoms with van der Waals surface area (Å²) in [6, 6.07) is 6.32. The Kier molecular flexibility index (Phi) is 10.1. The molecule has 0 spiro atoms. The number of hydrogen-bond acceptors (Lipinski definition) is 4. The lowest BCUT2D eigenvalue weighted by atomic mass is 10.2. The van der Waals surface area contributed by atoms with E-state index in [1.807, 2.05) is 12.1 Å². The molecule has 0 aliphatic rings. The molecule has 0 bridgehead atoms. The first-order valence-corrected chi connectivity index (χ1v) is 9.32. The molecule has 2 aromatic heterocycles. The predicted molar refractivity (Wildman–Crippen MR) is 117 cm³/mol.